The van der Waals surface area contributed by atoms with Crippen molar-refractivity contribution in [2.75, 3.05) is 0 Å². The van der Waals surface area contributed by atoms with Gasteiger partial charge in [0.05, 0.1) is 5.41 Å². The predicted molar refractivity (Wildman–Crippen MR) is 132 cm³/mol. The van der Waals surface area contributed by atoms with Gasteiger partial charge in [-0.3, -0.25) is 4.79 Å². The summed E-state index contributed by atoms with van der Waals surface area (Å²) in [5, 5.41) is 25.4. The van der Waals surface area contributed by atoms with Gasteiger partial charge in [-0.1, -0.05) is 32.2 Å². The summed E-state index contributed by atoms with van der Waals surface area (Å²) >= 11 is 0. The van der Waals surface area contributed by atoms with Crippen LogP contribution in [0, 0.1) is 46.8 Å². The van der Waals surface area contributed by atoms with Gasteiger partial charge >= 0.3 is 11.9 Å². The summed E-state index contributed by atoms with van der Waals surface area (Å²) in [7, 11) is 0. The number of ketones is 1. The topological polar surface area (TPSA) is 110 Å². The van der Waals surface area contributed by atoms with Crippen molar-refractivity contribution >= 4 is 17.7 Å². The van der Waals surface area contributed by atoms with Crippen LogP contribution in [0.4, 0.5) is 0 Å². The molecular weight excluding hydrogens is 472 g/mol. The Hall–Kier alpha value is -2.25. The Bertz CT molecular complexity index is 1190. The summed E-state index contributed by atoms with van der Waals surface area (Å²) in [6.07, 6.45) is 2.85. The summed E-state index contributed by atoms with van der Waals surface area (Å²) in [5.41, 5.74) is -2.75. The van der Waals surface area contributed by atoms with Crippen molar-refractivity contribution in [1.82, 2.24) is 0 Å². The van der Waals surface area contributed by atoms with Gasteiger partial charge < -0.3 is 19.7 Å². The van der Waals surface area contributed by atoms with Gasteiger partial charge in [0.25, 0.3) is 0 Å². The monoisotopic (exact) mass is 508 g/mol. The Balaban J connectivity index is 1.38. The molecule has 1 spiro atoms. The zero-order valence-electron chi connectivity index (χ0n) is 21.4. The number of hydrogen-bond donors (Lipinski definition) is 2. The summed E-state index contributed by atoms with van der Waals surface area (Å²) in [4.78, 5) is 39.4. The molecule has 2 N–H and O–H groups in total. The number of allylic oxidation sites excluding steroid dienone is 1. The Morgan fingerprint density at radius 2 is 1.46 bits per heavy atom. The fourth-order valence-corrected chi connectivity index (χ4v) is 10.4. The molecule has 5 saturated carbocycles. The van der Waals surface area contributed by atoms with Gasteiger partial charge in [0, 0.05) is 41.2 Å². The molecule has 0 aromatic rings. The van der Waals surface area contributed by atoms with E-state index in [0.717, 1.165) is 18.4 Å². The molecular formula is C30H36O7. The maximum atomic E-state index is 14.2. The number of ether oxygens (including phenoxy) is 2. The maximum absolute atomic E-state index is 14.2. The quantitative estimate of drug-likeness (QED) is 0.294. The maximum Gasteiger partial charge on any atom is 0.334 e. The zero-order valence-corrected chi connectivity index (χ0v) is 21.4. The van der Waals surface area contributed by atoms with Crippen molar-refractivity contribution in [3.8, 4) is 0 Å². The molecule has 2 saturated heterocycles. The van der Waals surface area contributed by atoms with Gasteiger partial charge in [0.1, 0.15) is 29.2 Å². The third-order valence-electron chi connectivity index (χ3n) is 12.2. The molecule has 7 aliphatic rings. The second-order valence-electron chi connectivity index (χ2n) is 13.2. The first-order chi connectivity index (χ1) is 17.5. The predicted octanol–water partition coefficient (Wildman–Crippen LogP) is 3.05. The van der Waals surface area contributed by atoms with E-state index in [1.54, 1.807) is 0 Å². The molecule has 2 heterocycles. The number of fused-ring (bicyclic) bond motifs is 10. The van der Waals surface area contributed by atoms with E-state index in [1.165, 1.54) is 0 Å². The average Bonchev–Trinajstić information content (AvgIpc) is 3.49. The van der Waals surface area contributed by atoms with Gasteiger partial charge in [0.15, 0.2) is 0 Å². The van der Waals surface area contributed by atoms with E-state index in [9.17, 15) is 24.6 Å². The van der Waals surface area contributed by atoms with Crippen LogP contribution in [-0.4, -0.2) is 51.3 Å². The van der Waals surface area contributed by atoms with E-state index in [0.29, 0.717) is 30.4 Å². The SMILES string of the molecule is C=C1C(=O)O[C@@H]2[C@@H]3[C@@H](C[C@@]4(O)[C@]3(O)CC[C@]43C(=O)C[C@H]4C(=C)CC[C@H]5C(=C)C(=O)O[C@@H]5[C@H]43)C(C)CC[C@@H]12. The van der Waals surface area contributed by atoms with E-state index < -0.39 is 52.6 Å². The lowest BCUT2D eigenvalue weighted by atomic mass is 9.59. The van der Waals surface area contributed by atoms with Crippen LogP contribution in [-0.2, 0) is 23.9 Å². The molecule has 0 bridgehead atoms. The highest BCUT2D eigenvalue weighted by Gasteiger charge is 2.83. The summed E-state index contributed by atoms with van der Waals surface area (Å²) < 4.78 is 11.8. The van der Waals surface area contributed by atoms with E-state index >= 15 is 0 Å². The second-order valence-corrected chi connectivity index (χ2v) is 13.2. The molecule has 7 rings (SSSR count). The first kappa shape index (κ1) is 23.8. The third kappa shape index (κ3) is 2.54. The molecule has 0 aromatic carbocycles. The lowest BCUT2D eigenvalue weighted by Gasteiger charge is -2.48. The highest BCUT2D eigenvalue weighted by molar-refractivity contribution is 5.94. The molecule has 1 unspecified atom stereocenters. The molecule has 7 nitrogen and oxygen atoms in total. The molecule has 7 heteroatoms. The van der Waals surface area contributed by atoms with E-state index in [4.69, 9.17) is 9.47 Å². The molecule has 7 fully saturated rings. The zero-order chi connectivity index (χ0) is 26.2. The van der Waals surface area contributed by atoms with Crippen molar-refractivity contribution in [2.24, 2.45) is 46.8 Å². The standard InChI is InChI=1S/C30H36O7/c1-13-5-7-17-15(3)26(32)36-24(17)22-19(13)11-21(31)28(22)9-10-29(34)23-20(12-30(28,29)35)14(2)6-8-18-16(4)27(33)37-25(18)23/h14,17-20,22-25,34-35H,1,3-12H2,2H3/t14?,17-,18-,19-,20-,22-,23-,24-,25-,28+,29-,30-/m0/s1. The van der Waals surface area contributed by atoms with Crippen LogP contribution < -0.4 is 0 Å². The highest BCUT2D eigenvalue weighted by atomic mass is 16.6. The van der Waals surface area contributed by atoms with Crippen LogP contribution >= 0.6 is 0 Å². The number of aliphatic hydroxyl groups is 2. The van der Waals surface area contributed by atoms with Crippen LogP contribution in [0.5, 0.6) is 0 Å². The normalized spacial score (nSPS) is 54.3. The minimum absolute atomic E-state index is 0.0650. The van der Waals surface area contributed by atoms with Crippen molar-refractivity contribution in [2.45, 2.75) is 81.7 Å². The molecule has 0 amide bonds. The lowest BCUT2D eigenvalue weighted by Crippen LogP contribution is -2.63. The molecule has 198 valence electrons. The minimum atomic E-state index is -1.72. The summed E-state index contributed by atoms with van der Waals surface area (Å²) in [5.74, 6) is -2.44. The van der Waals surface area contributed by atoms with Crippen molar-refractivity contribution in [1.29, 1.82) is 0 Å². The van der Waals surface area contributed by atoms with Gasteiger partial charge in [-0.15, -0.1) is 0 Å². The summed E-state index contributed by atoms with van der Waals surface area (Å²) in [6.45, 7) is 14.5. The molecule has 12 atom stereocenters. The molecule has 0 radical (unpaired) electrons. The van der Waals surface area contributed by atoms with Crippen molar-refractivity contribution in [3.63, 3.8) is 0 Å². The van der Waals surface area contributed by atoms with E-state index in [1.807, 2.05) is 0 Å². The molecule has 5 aliphatic carbocycles. The van der Waals surface area contributed by atoms with Crippen molar-refractivity contribution < 1.29 is 34.1 Å². The largest absolute Gasteiger partial charge is 0.458 e. The first-order valence-electron chi connectivity index (χ1n) is 13.9. The molecule has 0 aromatic heterocycles. The van der Waals surface area contributed by atoms with Crippen molar-refractivity contribution in [3.05, 3.63) is 36.5 Å². The number of hydrogen-bond acceptors (Lipinski definition) is 7. The second kappa shape index (κ2) is 7.23. The first-order valence-corrected chi connectivity index (χ1v) is 13.9. The molecule has 37 heavy (non-hydrogen) atoms. The molecule has 2 aliphatic heterocycles. The Kier molecular flexibility index (Phi) is 4.66. The smallest absolute Gasteiger partial charge is 0.334 e. The highest BCUT2D eigenvalue weighted by Crippen LogP contribution is 2.74. The van der Waals surface area contributed by atoms with E-state index in [2.05, 4.69) is 26.7 Å². The Morgan fingerprint density at radius 1 is 0.838 bits per heavy atom. The summed E-state index contributed by atoms with van der Waals surface area (Å²) in [6, 6.07) is 0. The van der Waals surface area contributed by atoms with Crippen LogP contribution in [0.1, 0.15) is 58.3 Å². The van der Waals surface area contributed by atoms with Gasteiger partial charge in [-0.2, -0.15) is 0 Å². The number of carbonyl (C=O) groups excluding carboxylic acids is 3. The third-order valence-corrected chi connectivity index (χ3v) is 12.2. The van der Waals surface area contributed by atoms with Crippen LogP contribution in [0.3, 0.4) is 0 Å². The Labute approximate surface area is 217 Å². The Morgan fingerprint density at radius 3 is 2.14 bits per heavy atom. The minimum Gasteiger partial charge on any atom is -0.458 e. The number of esters is 2. The average molecular weight is 509 g/mol. The fourth-order valence-electron chi connectivity index (χ4n) is 10.4. The van der Waals surface area contributed by atoms with Gasteiger partial charge in [-0.05, 0) is 62.7 Å². The fraction of sp³-hybridized carbons (Fsp3) is 0.700. The van der Waals surface area contributed by atoms with E-state index in [-0.39, 0.29) is 54.6 Å². The number of Topliss-reactive ketones (excluding diaryl/α,β-unsaturated/α-hetero) is 1. The van der Waals surface area contributed by atoms with Crippen LogP contribution in [0.15, 0.2) is 36.5 Å². The van der Waals surface area contributed by atoms with Crippen LogP contribution in [0.25, 0.3) is 0 Å². The van der Waals surface area contributed by atoms with Gasteiger partial charge in [-0.25, -0.2) is 9.59 Å². The van der Waals surface area contributed by atoms with Crippen LogP contribution in [0.2, 0.25) is 0 Å². The van der Waals surface area contributed by atoms with Gasteiger partial charge in [0.2, 0.25) is 0 Å². The lowest BCUT2D eigenvalue weighted by molar-refractivity contribution is -0.205. The number of carbonyl (C=O) groups is 3. The number of rotatable bonds is 0.